The van der Waals surface area contributed by atoms with Crippen molar-refractivity contribution in [2.75, 3.05) is 26.2 Å². The van der Waals surface area contributed by atoms with Gasteiger partial charge >= 0.3 is 5.69 Å². The van der Waals surface area contributed by atoms with Gasteiger partial charge in [0, 0.05) is 25.6 Å². The van der Waals surface area contributed by atoms with Crippen LogP contribution in [0, 0.1) is 16.0 Å². The Bertz CT molecular complexity index is 1440. The molecule has 2 aromatic rings. The third-order valence-electron chi connectivity index (χ3n) is 8.65. The Morgan fingerprint density at radius 3 is 2.31 bits per heavy atom. The Hall–Kier alpha value is -4.56. The third kappa shape index (κ3) is 7.94. The SMILES string of the molecule is NC(=O)[C@H](NC(=O)[C@@H](Cc1ccc(O)c([N+](=O)[O-])c1)NC(=O)C1O[C@@H]1C(=O)NCCN1CCCCC1)C1Cc2ccccc2C1. The topological polar surface area (TPSA) is 210 Å². The molecule has 2 fully saturated rings. The van der Waals surface area contributed by atoms with Crippen molar-refractivity contribution in [2.45, 2.75) is 62.8 Å². The Kier molecular flexibility index (Phi) is 9.93. The van der Waals surface area contributed by atoms with Gasteiger partial charge in [0.25, 0.3) is 11.8 Å². The smallest absolute Gasteiger partial charge is 0.310 e. The maximum Gasteiger partial charge on any atom is 0.310 e. The quantitative estimate of drug-likeness (QED) is 0.116. The van der Waals surface area contributed by atoms with Crippen LogP contribution in [0.1, 0.15) is 36.0 Å². The normalized spacial score (nSPS) is 20.8. The summed E-state index contributed by atoms with van der Waals surface area (Å²) in [6.45, 7) is 3.08. The number of piperidine rings is 1. The van der Waals surface area contributed by atoms with E-state index in [2.05, 4.69) is 20.9 Å². The van der Waals surface area contributed by atoms with Crippen molar-refractivity contribution in [3.05, 3.63) is 69.3 Å². The number of likely N-dealkylation sites (tertiary alicyclic amines) is 1. The molecule has 45 heavy (non-hydrogen) atoms. The fraction of sp³-hybridized carbons (Fsp3) is 0.484. The number of nitrogens with one attached hydrogen (secondary N) is 3. The molecule has 5 rings (SSSR count). The van der Waals surface area contributed by atoms with Crippen LogP contribution < -0.4 is 21.7 Å². The van der Waals surface area contributed by atoms with E-state index in [9.17, 15) is 34.4 Å². The predicted molar refractivity (Wildman–Crippen MR) is 161 cm³/mol. The maximum atomic E-state index is 13.6. The van der Waals surface area contributed by atoms with Gasteiger partial charge in [0.15, 0.2) is 18.0 Å². The van der Waals surface area contributed by atoms with E-state index in [1.165, 1.54) is 12.5 Å². The Morgan fingerprint density at radius 2 is 1.67 bits per heavy atom. The Balaban J connectivity index is 1.25. The molecule has 2 aromatic carbocycles. The van der Waals surface area contributed by atoms with Gasteiger partial charge in [0.05, 0.1) is 4.92 Å². The largest absolute Gasteiger partial charge is 0.502 e. The molecule has 0 radical (unpaired) electrons. The second kappa shape index (κ2) is 14.0. The van der Waals surface area contributed by atoms with Crippen LogP contribution >= 0.6 is 0 Å². The molecule has 2 aliphatic heterocycles. The lowest BCUT2D eigenvalue weighted by Gasteiger charge is -2.26. The number of phenols is 1. The van der Waals surface area contributed by atoms with Crippen LogP contribution in [0.15, 0.2) is 42.5 Å². The van der Waals surface area contributed by atoms with Gasteiger partial charge in [0.1, 0.15) is 12.1 Å². The summed E-state index contributed by atoms with van der Waals surface area (Å²) in [5.41, 5.74) is 7.52. The zero-order chi connectivity index (χ0) is 32.1. The Morgan fingerprint density at radius 1 is 1.00 bits per heavy atom. The van der Waals surface area contributed by atoms with Crippen molar-refractivity contribution in [2.24, 2.45) is 11.7 Å². The monoisotopic (exact) mass is 622 g/mol. The summed E-state index contributed by atoms with van der Waals surface area (Å²) >= 11 is 0. The first-order valence-corrected chi connectivity index (χ1v) is 15.2. The number of primary amides is 1. The number of epoxide rings is 1. The van der Waals surface area contributed by atoms with Crippen molar-refractivity contribution in [1.82, 2.24) is 20.9 Å². The van der Waals surface area contributed by atoms with E-state index in [1.807, 2.05) is 24.3 Å². The summed E-state index contributed by atoms with van der Waals surface area (Å²) in [6.07, 6.45) is 2.16. The molecule has 2 heterocycles. The first-order chi connectivity index (χ1) is 21.6. The second-order valence-corrected chi connectivity index (χ2v) is 11.8. The van der Waals surface area contributed by atoms with Crippen LogP contribution in [-0.4, -0.2) is 89.0 Å². The number of aromatic hydroxyl groups is 1. The molecule has 1 aliphatic carbocycles. The van der Waals surface area contributed by atoms with Crippen LogP contribution in [0.5, 0.6) is 5.75 Å². The van der Waals surface area contributed by atoms with E-state index in [1.54, 1.807) is 0 Å². The summed E-state index contributed by atoms with van der Waals surface area (Å²) < 4.78 is 5.35. The van der Waals surface area contributed by atoms with E-state index >= 15 is 0 Å². The molecule has 240 valence electrons. The highest BCUT2D eigenvalue weighted by Gasteiger charge is 2.51. The van der Waals surface area contributed by atoms with E-state index in [0.29, 0.717) is 25.9 Å². The molecule has 3 aliphatic rings. The summed E-state index contributed by atoms with van der Waals surface area (Å²) in [7, 11) is 0. The number of hydrogen-bond donors (Lipinski definition) is 5. The van der Waals surface area contributed by atoms with Gasteiger partial charge in [-0.25, -0.2) is 0 Å². The van der Waals surface area contributed by atoms with Gasteiger partial charge in [0.2, 0.25) is 11.8 Å². The van der Waals surface area contributed by atoms with E-state index in [4.69, 9.17) is 10.5 Å². The highest BCUT2D eigenvalue weighted by atomic mass is 16.6. The minimum absolute atomic E-state index is 0.214. The second-order valence-electron chi connectivity index (χ2n) is 11.8. The summed E-state index contributed by atoms with van der Waals surface area (Å²) in [5.74, 6) is -3.48. The van der Waals surface area contributed by atoms with Crippen LogP contribution in [-0.2, 0) is 43.2 Å². The van der Waals surface area contributed by atoms with Gasteiger partial charge in [-0.05, 0) is 67.4 Å². The highest BCUT2D eigenvalue weighted by Crippen LogP contribution is 2.30. The number of amides is 4. The number of carbonyl (C=O) groups excluding carboxylic acids is 4. The molecular formula is C31H38N6O8. The Labute approximate surface area is 259 Å². The lowest BCUT2D eigenvalue weighted by atomic mass is 9.95. The molecule has 6 N–H and O–H groups in total. The number of rotatable bonds is 13. The minimum Gasteiger partial charge on any atom is -0.502 e. The van der Waals surface area contributed by atoms with E-state index in [-0.39, 0.29) is 17.9 Å². The molecular weight excluding hydrogens is 584 g/mol. The number of ether oxygens (including phenoxy) is 1. The van der Waals surface area contributed by atoms with Gasteiger partial charge < -0.3 is 36.4 Å². The lowest BCUT2D eigenvalue weighted by molar-refractivity contribution is -0.385. The van der Waals surface area contributed by atoms with Crippen LogP contribution in [0.2, 0.25) is 0 Å². The molecule has 0 spiro atoms. The van der Waals surface area contributed by atoms with E-state index in [0.717, 1.165) is 49.2 Å². The number of nitro groups is 1. The maximum absolute atomic E-state index is 13.6. The molecule has 2 saturated heterocycles. The number of benzene rings is 2. The molecule has 4 amide bonds. The van der Waals surface area contributed by atoms with Crippen molar-refractivity contribution >= 4 is 29.3 Å². The molecule has 0 saturated carbocycles. The average Bonchev–Trinajstić information content (AvgIpc) is 3.72. The number of hydrogen-bond acceptors (Lipinski definition) is 9. The zero-order valence-electron chi connectivity index (χ0n) is 24.8. The van der Waals surface area contributed by atoms with Crippen molar-refractivity contribution in [3.63, 3.8) is 0 Å². The van der Waals surface area contributed by atoms with Gasteiger partial charge in [-0.1, -0.05) is 36.8 Å². The molecule has 1 unspecified atom stereocenters. The fourth-order valence-electron chi connectivity index (χ4n) is 6.18. The summed E-state index contributed by atoms with van der Waals surface area (Å²) in [6, 6.07) is 8.95. The molecule has 14 heteroatoms. The van der Waals surface area contributed by atoms with Crippen molar-refractivity contribution < 1.29 is 33.9 Å². The zero-order valence-corrected chi connectivity index (χ0v) is 24.8. The lowest BCUT2D eigenvalue weighted by Crippen LogP contribution is -2.56. The number of nitro benzene ring substituents is 1. The molecule has 0 bridgehead atoms. The standard InChI is InChI=1S/C31H38N6O8/c32-28(39)25(21-16-19-6-2-3-7-20(19)17-21)35-29(40)22(14-18-8-9-24(38)23(15-18)37(43)44)34-31(42)27-26(45-27)30(41)33-10-13-36-11-4-1-5-12-36/h2-3,6-9,15,21-22,25-27,38H,1,4-5,10-14,16-17H2,(H2,32,39)(H,33,41)(H,34,42)(H,35,40)/t22-,25-,26+,27?/m1/s1. The van der Waals surface area contributed by atoms with Gasteiger partial charge in [-0.2, -0.15) is 0 Å². The molecule has 4 atom stereocenters. The predicted octanol–water partition coefficient (Wildman–Crippen LogP) is 0.0823. The van der Waals surface area contributed by atoms with E-state index < -0.39 is 64.3 Å². The first kappa shape index (κ1) is 31.9. The van der Waals surface area contributed by atoms with Crippen molar-refractivity contribution in [1.29, 1.82) is 0 Å². The highest BCUT2D eigenvalue weighted by molar-refractivity contribution is 5.97. The fourth-order valence-corrected chi connectivity index (χ4v) is 6.18. The molecule has 0 aromatic heterocycles. The number of phenolic OH excluding ortho intramolecular Hbond substituents is 1. The van der Waals surface area contributed by atoms with Gasteiger partial charge in [-0.3, -0.25) is 29.3 Å². The third-order valence-corrected chi connectivity index (χ3v) is 8.65. The van der Waals surface area contributed by atoms with Crippen LogP contribution in [0.3, 0.4) is 0 Å². The summed E-state index contributed by atoms with van der Waals surface area (Å²) in [4.78, 5) is 64.8. The van der Waals surface area contributed by atoms with Crippen molar-refractivity contribution in [3.8, 4) is 5.75 Å². The number of fused-ring (bicyclic) bond motifs is 1. The number of nitrogens with zero attached hydrogens (tertiary/aromatic N) is 2. The van der Waals surface area contributed by atoms with Crippen LogP contribution in [0.4, 0.5) is 5.69 Å². The average molecular weight is 623 g/mol. The minimum atomic E-state index is -1.31. The van der Waals surface area contributed by atoms with Crippen LogP contribution in [0.25, 0.3) is 0 Å². The van der Waals surface area contributed by atoms with Gasteiger partial charge in [-0.15, -0.1) is 0 Å². The number of carbonyl (C=O) groups is 4. The molecule has 14 nitrogen and oxygen atoms in total. The first-order valence-electron chi connectivity index (χ1n) is 15.2. The number of nitrogens with two attached hydrogens (primary N) is 1. The summed E-state index contributed by atoms with van der Waals surface area (Å²) in [5, 5.41) is 29.3.